The van der Waals surface area contributed by atoms with Crippen LogP contribution in [0.5, 0.6) is 11.5 Å². The summed E-state index contributed by atoms with van der Waals surface area (Å²) < 4.78 is 15.8. The molecular formula is C21H22O5. The number of carbonyl (C=O) groups is 2. The number of esters is 2. The van der Waals surface area contributed by atoms with Crippen molar-refractivity contribution >= 4 is 11.9 Å². The predicted molar refractivity (Wildman–Crippen MR) is 98.6 cm³/mol. The van der Waals surface area contributed by atoms with E-state index in [4.69, 9.17) is 14.2 Å². The third kappa shape index (κ3) is 5.77. The SMILES string of the molecule is C=CC(=O)OCCCOc1ccc(C(=O)Oc2ccc(C)c(C)c2)cc1. The molecule has 26 heavy (non-hydrogen) atoms. The smallest absolute Gasteiger partial charge is 0.343 e. The number of aryl methyl sites for hydroxylation is 2. The van der Waals surface area contributed by atoms with Crippen molar-refractivity contribution in [3.05, 3.63) is 71.8 Å². The summed E-state index contributed by atoms with van der Waals surface area (Å²) in [6.07, 6.45) is 1.69. The highest BCUT2D eigenvalue weighted by Gasteiger charge is 2.09. The quantitative estimate of drug-likeness (QED) is 0.310. The summed E-state index contributed by atoms with van der Waals surface area (Å²) in [7, 11) is 0. The van der Waals surface area contributed by atoms with E-state index in [2.05, 4.69) is 6.58 Å². The van der Waals surface area contributed by atoms with E-state index in [1.807, 2.05) is 26.0 Å². The Morgan fingerprint density at radius 3 is 2.31 bits per heavy atom. The molecule has 0 N–H and O–H groups in total. The first kappa shape index (κ1) is 19.2. The molecule has 0 amide bonds. The van der Waals surface area contributed by atoms with Crippen LogP contribution in [0.2, 0.25) is 0 Å². The van der Waals surface area contributed by atoms with E-state index < -0.39 is 11.9 Å². The average Bonchev–Trinajstić information content (AvgIpc) is 2.64. The van der Waals surface area contributed by atoms with Gasteiger partial charge in [0.15, 0.2) is 0 Å². The van der Waals surface area contributed by atoms with Gasteiger partial charge in [-0.25, -0.2) is 9.59 Å². The molecule has 0 atom stereocenters. The van der Waals surface area contributed by atoms with Crippen LogP contribution < -0.4 is 9.47 Å². The van der Waals surface area contributed by atoms with Crippen LogP contribution in [0.4, 0.5) is 0 Å². The van der Waals surface area contributed by atoms with Crippen molar-refractivity contribution in [1.29, 1.82) is 0 Å². The highest BCUT2D eigenvalue weighted by atomic mass is 16.5. The molecule has 0 radical (unpaired) electrons. The lowest BCUT2D eigenvalue weighted by atomic mass is 10.1. The Kier molecular flexibility index (Phi) is 6.97. The molecule has 0 aliphatic carbocycles. The van der Waals surface area contributed by atoms with Gasteiger partial charge in [-0.3, -0.25) is 0 Å². The van der Waals surface area contributed by atoms with E-state index >= 15 is 0 Å². The lowest BCUT2D eigenvalue weighted by Crippen LogP contribution is -2.09. The maximum atomic E-state index is 12.2. The molecule has 2 rings (SSSR count). The minimum absolute atomic E-state index is 0.269. The second kappa shape index (κ2) is 9.42. The molecule has 0 aromatic heterocycles. The van der Waals surface area contributed by atoms with E-state index in [9.17, 15) is 9.59 Å². The van der Waals surface area contributed by atoms with Crippen LogP contribution in [0.25, 0.3) is 0 Å². The number of ether oxygens (including phenoxy) is 3. The van der Waals surface area contributed by atoms with Gasteiger partial charge in [-0.2, -0.15) is 0 Å². The number of hydrogen-bond donors (Lipinski definition) is 0. The summed E-state index contributed by atoms with van der Waals surface area (Å²) in [4.78, 5) is 23.1. The third-order valence-corrected chi connectivity index (χ3v) is 3.75. The molecule has 0 bridgehead atoms. The molecule has 2 aromatic rings. The molecule has 2 aromatic carbocycles. The van der Waals surface area contributed by atoms with Crippen molar-refractivity contribution in [3.63, 3.8) is 0 Å². The topological polar surface area (TPSA) is 61.8 Å². The van der Waals surface area contributed by atoms with Crippen LogP contribution in [0.3, 0.4) is 0 Å². The highest BCUT2D eigenvalue weighted by molar-refractivity contribution is 5.91. The molecule has 0 unspecified atom stereocenters. The van der Waals surface area contributed by atoms with Crippen LogP contribution in [0.1, 0.15) is 27.9 Å². The Hall–Kier alpha value is -3.08. The van der Waals surface area contributed by atoms with Crippen molar-refractivity contribution in [2.24, 2.45) is 0 Å². The van der Waals surface area contributed by atoms with Crippen LogP contribution in [0, 0.1) is 13.8 Å². The van der Waals surface area contributed by atoms with Crippen LogP contribution >= 0.6 is 0 Å². The van der Waals surface area contributed by atoms with Gasteiger partial charge in [0.05, 0.1) is 18.8 Å². The van der Waals surface area contributed by atoms with Crippen molar-refractivity contribution in [2.45, 2.75) is 20.3 Å². The van der Waals surface area contributed by atoms with E-state index in [-0.39, 0.29) is 6.61 Å². The fourth-order valence-electron chi connectivity index (χ4n) is 2.11. The standard InChI is InChI=1S/C21H22O5/c1-4-20(22)25-13-5-12-24-18-10-7-17(8-11-18)21(23)26-19-9-6-15(2)16(3)14-19/h4,6-11,14H,1,5,12-13H2,2-3H3. The van der Waals surface area contributed by atoms with Crippen molar-refractivity contribution in [2.75, 3.05) is 13.2 Å². The second-order valence-electron chi connectivity index (χ2n) is 5.73. The lowest BCUT2D eigenvalue weighted by molar-refractivity contribution is -0.137. The van der Waals surface area contributed by atoms with E-state index in [1.54, 1.807) is 30.3 Å². The molecular weight excluding hydrogens is 332 g/mol. The summed E-state index contributed by atoms with van der Waals surface area (Å²) >= 11 is 0. The van der Waals surface area contributed by atoms with Gasteiger partial charge >= 0.3 is 11.9 Å². The fourth-order valence-corrected chi connectivity index (χ4v) is 2.11. The second-order valence-corrected chi connectivity index (χ2v) is 5.73. The monoisotopic (exact) mass is 354 g/mol. The lowest BCUT2D eigenvalue weighted by Gasteiger charge is -2.08. The van der Waals surface area contributed by atoms with Gasteiger partial charge in [-0.15, -0.1) is 0 Å². The fraction of sp³-hybridized carbons (Fsp3) is 0.238. The van der Waals surface area contributed by atoms with Crippen molar-refractivity contribution in [3.8, 4) is 11.5 Å². The van der Waals surface area contributed by atoms with Crippen LogP contribution in [-0.2, 0) is 9.53 Å². The van der Waals surface area contributed by atoms with E-state index in [0.717, 1.165) is 17.2 Å². The van der Waals surface area contributed by atoms with Crippen LogP contribution in [-0.4, -0.2) is 25.2 Å². The zero-order valence-electron chi connectivity index (χ0n) is 15.0. The predicted octanol–water partition coefficient (Wildman–Crippen LogP) is 4.02. The molecule has 0 aliphatic heterocycles. The Labute approximate surface area is 153 Å². The van der Waals surface area contributed by atoms with Gasteiger partial charge in [0.2, 0.25) is 0 Å². The van der Waals surface area contributed by atoms with E-state index in [1.165, 1.54) is 0 Å². The summed E-state index contributed by atoms with van der Waals surface area (Å²) in [5, 5.41) is 0. The molecule has 0 heterocycles. The molecule has 136 valence electrons. The molecule has 0 saturated carbocycles. The van der Waals surface area contributed by atoms with Crippen molar-refractivity contribution < 1.29 is 23.8 Å². The Balaban J connectivity index is 1.82. The Bertz CT molecular complexity index is 777. The van der Waals surface area contributed by atoms with Gasteiger partial charge in [-0.1, -0.05) is 12.6 Å². The maximum Gasteiger partial charge on any atom is 0.343 e. The Morgan fingerprint density at radius 2 is 1.65 bits per heavy atom. The molecule has 0 spiro atoms. The molecule has 0 saturated heterocycles. The van der Waals surface area contributed by atoms with Gasteiger partial charge < -0.3 is 14.2 Å². The molecule has 5 nitrogen and oxygen atoms in total. The van der Waals surface area contributed by atoms with Crippen LogP contribution in [0.15, 0.2) is 55.1 Å². The van der Waals surface area contributed by atoms with Gasteiger partial charge in [0.1, 0.15) is 11.5 Å². The number of carbonyl (C=O) groups excluding carboxylic acids is 2. The van der Waals surface area contributed by atoms with E-state index in [0.29, 0.717) is 30.1 Å². The first-order chi connectivity index (χ1) is 12.5. The largest absolute Gasteiger partial charge is 0.493 e. The molecule has 0 aliphatic rings. The summed E-state index contributed by atoms with van der Waals surface area (Å²) in [5.41, 5.74) is 2.65. The van der Waals surface area contributed by atoms with Gasteiger partial charge in [-0.05, 0) is 61.4 Å². The highest BCUT2D eigenvalue weighted by Crippen LogP contribution is 2.19. The normalized spacial score (nSPS) is 10.1. The zero-order valence-corrected chi connectivity index (χ0v) is 15.0. The number of benzene rings is 2. The zero-order chi connectivity index (χ0) is 18.9. The summed E-state index contributed by atoms with van der Waals surface area (Å²) in [5.74, 6) is 0.281. The van der Waals surface area contributed by atoms with Gasteiger partial charge in [0, 0.05) is 12.5 Å². The molecule has 5 heteroatoms. The first-order valence-corrected chi connectivity index (χ1v) is 8.31. The number of hydrogen-bond acceptors (Lipinski definition) is 5. The Morgan fingerprint density at radius 1 is 0.962 bits per heavy atom. The first-order valence-electron chi connectivity index (χ1n) is 8.31. The van der Waals surface area contributed by atoms with Gasteiger partial charge in [0.25, 0.3) is 0 Å². The minimum Gasteiger partial charge on any atom is -0.493 e. The molecule has 0 fully saturated rings. The third-order valence-electron chi connectivity index (χ3n) is 3.75. The minimum atomic E-state index is -0.448. The van der Waals surface area contributed by atoms with Crippen molar-refractivity contribution in [1.82, 2.24) is 0 Å². The summed E-state index contributed by atoms with van der Waals surface area (Å²) in [6.45, 7) is 7.96. The maximum absolute atomic E-state index is 12.2. The average molecular weight is 354 g/mol. The summed E-state index contributed by atoms with van der Waals surface area (Å²) in [6, 6.07) is 12.2. The number of rotatable bonds is 8.